The molecule has 0 spiro atoms. The predicted octanol–water partition coefficient (Wildman–Crippen LogP) is 4.21. The third-order valence-electron chi connectivity index (χ3n) is 2.49. The molecular weight excluding hydrogens is 316 g/mol. The summed E-state index contributed by atoms with van der Waals surface area (Å²) in [6, 6.07) is 14.6. The maximum atomic E-state index is 9.98. The average Bonchev–Trinajstić information content (AvgIpc) is 2.38. The van der Waals surface area contributed by atoms with Crippen molar-refractivity contribution in [1.82, 2.24) is 0 Å². The lowest BCUT2D eigenvalue weighted by Gasteiger charge is -2.13. The molecule has 0 saturated carbocycles. The molecule has 0 aliphatic carbocycles. The summed E-state index contributed by atoms with van der Waals surface area (Å²) < 4.78 is 6.42. The van der Waals surface area contributed by atoms with Crippen LogP contribution in [0.1, 0.15) is 11.7 Å². The highest BCUT2D eigenvalue weighted by Crippen LogP contribution is 2.25. The number of benzene rings is 2. The molecule has 2 nitrogen and oxygen atoms in total. The topological polar surface area (TPSA) is 29.5 Å². The zero-order valence-electron chi connectivity index (χ0n) is 9.51. The number of halogens is 2. The molecule has 0 bridgehead atoms. The Balaban J connectivity index is 1.98. The Kier molecular flexibility index (Phi) is 4.64. The lowest BCUT2D eigenvalue weighted by atomic mass is 10.1. The Labute approximate surface area is 119 Å². The largest absolute Gasteiger partial charge is 0.489 e. The fourth-order valence-corrected chi connectivity index (χ4v) is 2.04. The molecule has 18 heavy (non-hydrogen) atoms. The molecule has 4 heteroatoms. The van der Waals surface area contributed by atoms with E-state index in [1.54, 1.807) is 24.3 Å². The van der Waals surface area contributed by atoms with Crippen LogP contribution in [0.4, 0.5) is 0 Å². The van der Waals surface area contributed by atoms with Crippen LogP contribution in [0.2, 0.25) is 5.02 Å². The molecule has 94 valence electrons. The Morgan fingerprint density at radius 1 is 1.11 bits per heavy atom. The highest BCUT2D eigenvalue weighted by Gasteiger charge is 2.09. The molecule has 1 unspecified atom stereocenters. The number of aliphatic hydroxyl groups is 1. The van der Waals surface area contributed by atoms with E-state index < -0.39 is 6.10 Å². The fraction of sp³-hybridized carbons (Fsp3) is 0.143. The Morgan fingerprint density at radius 3 is 2.44 bits per heavy atom. The van der Waals surface area contributed by atoms with Gasteiger partial charge in [-0.3, -0.25) is 0 Å². The number of hydrogen-bond donors (Lipinski definition) is 1. The van der Waals surface area contributed by atoms with Crippen LogP contribution in [0.15, 0.2) is 53.0 Å². The molecule has 0 fully saturated rings. The van der Waals surface area contributed by atoms with Gasteiger partial charge in [-0.1, -0.05) is 35.9 Å². The predicted molar refractivity (Wildman–Crippen MR) is 76.0 cm³/mol. The quantitative estimate of drug-likeness (QED) is 0.911. The van der Waals surface area contributed by atoms with Crippen molar-refractivity contribution in [2.24, 2.45) is 0 Å². The Hall–Kier alpha value is -1.03. The van der Waals surface area contributed by atoms with Crippen molar-refractivity contribution in [2.75, 3.05) is 6.61 Å². The van der Waals surface area contributed by atoms with Gasteiger partial charge in [-0.05, 0) is 45.8 Å². The summed E-state index contributed by atoms with van der Waals surface area (Å²) in [7, 11) is 0. The zero-order valence-corrected chi connectivity index (χ0v) is 11.9. The monoisotopic (exact) mass is 326 g/mol. The van der Waals surface area contributed by atoms with Crippen molar-refractivity contribution in [3.63, 3.8) is 0 Å². The van der Waals surface area contributed by atoms with Crippen molar-refractivity contribution < 1.29 is 9.84 Å². The Morgan fingerprint density at radius 2 is 1.78 bits per heavy atom. The van der Waals surface area contributed by atoms with Gasteiger partial charge in [0, 0.05) is 5.02 Å². The standard InChI is InChI=1S/C14H12BrClO2/c15-12-3-1-2-4-14(12)18-9-13(17)10-5-7-11(16)8-6-10/h1-8,13,17H,9H2. The maximum Gasteiger partial charge on any atom is 0.133 e. The smallest absolute Gasteiger partial charge is 0.133 e. The van der Waals surface area contributed by atoms with Gasteiger partial charge < -0.3 is 9.84 Å². The van der Waals surface area contributed by atoms with Gasteiger partial charge in [-0.2, -0.15) is 0 Å². The van der Waals surface area contributed by atoms with Crippen LogP contribution in [0, 0.1) is 0 Å². The van der Waals surface area contributed by atoms with Gasteiger partial charge in [-0.15, -0.1) is 0 Å². The molecule has 2 aromatic carbocycles. The second kappa shape index (κ2) is 6.23. The number of ether oxygens (including phenoxy) is 1. The first-order chi connectivity index (χ1) is 8.66. The van der Waals surface area contributed by atoms with E-state index in [4.69, 9.17) is 16.3 Å². The summed E-state index contributed by atoms with van der Waals surface area (Å²) in [5, 5.41) is 10.6. The van der Waals surface area contributed by atoms with Crippen molar-refractivity contribution in [1.29, 1.82) is 0 Å². The Bertz CT molecular complexity index is 513. The molecule has 2 aromatic rings. The average molecular weight is 328 g/mol. The summed E-state index contributed by atoms with van der Waals surface area (Å²) >= 11 is 9.18. The number of aliphatic hydroxyl groups excluding tert-OH is 1. The molecule has 0 aliphatic heterocycles. The number of hydrogen-bond acceptors (Lipinski definition) is 2. The van der Waals surface area contributed by atoms with Gasteiger partial charge in [0.25, 0.3) is 0 Å². The van der Waals surface area contributed by atoms with Gasteiger partial charge in [0.1, 0.15) is 18.5 Å². The van der Waals surface area contributed by atoms with Crippen LogP contribution in [0.25, 0.3) is 0 Å². The third kappa shape index (κ3) is 3.48. The van der Waals surface area contributed by atoms with E-state index in [-0.39, 0.29) is 6.61 Å². The zero-order chi connectivity index (χ0) is 13.0. The van der Waals surface area contributed by atoms with E-state index in [0.29, 0.717) is 10.8 Å². The summed E-state index contributed by atoms with van der Waals surface area (Å²) in [4.78, 5) is 0. The van der Waals surface area contributed by atoms with Gasteiger partial charge in [0.05, 0.1) is 4.47 Å². The van der Waals surface area contributed by atoms with Crippen molar-refractivity contribution in [3.05, 3.63) is 63.6 Å². The molecule has 0 aromatic heterocycles. The van der Waals surface area contributed by atoms with Gasteiger partial charge in [-0.25, -0.2) is 0 Å². The second-order valence-corrected chi connectivity index (χ2v) is 5.10. The molecular formula is C14H12BrClO2. The highest BCUT2D eigenvalue weighted by molar-refractivity contribution is 9.10. The number of para-hydroxylation sites is 1. The van der Waals surface area contributed by atoms with Crippen LogP contribution < -0.4 is 4.74 Å². The molecule has 1 atom stereocenters. The van der Waals surface area contributed by atoms with E-state index in [1.165, 1.54) is 0 Å². The molecule has 0 saturated heterocycles. The van der Waals surface area contributed by atoms with Crippen LogP contribution >= 0.6 is 27.5 Å². The lowest BCUT2D eigenvalue weighted by Crippen LogP contribution is -2.09. The molecule has 2 rings (SSSR count). The van der Waals surface area contributed by atoms with E-state index in [1.807, 2.05) is 24.3 Å². The van der Waals surface area contributed by atoms with E-state index in [0.717, 1.165) is 10.0 Å². The lowest BCUT2D eigenvalue weighted by molar-refractivity contribution is 0.108. The highest BCUT2D eigenvalue weighted by atomic mass is 79.9. The minimum Gasteiger partial charge on any atom is -0.489 e. The van der Waals surface area contributed by atoms with E-state index >= 15 is 0 Å². The first kappa shape index (κ1) is 13.4. The second-order valence-electron chi connectivity index (χ2n) is 3.81. The van der Waals surface area contributed by atoms with E-state index in [9.17, 15) is 5.11 Å². The molecule has 0 amide bonds. The van der Waals surface area contributed by atoms with E-state index in [2.05, 4.69) is 15.9 Å². The fourth-order valence-electron chi connectivity index (χ4n) is 1.51. The molecule has 1 N–H and O–H groups in total. The minimum absolute atomic E-state index is 0.199. The van der Waals surface area contributed by atoms with Crippen LogP contribution in [0.5, 0.6) is 5.75 Å². The van der Waals surface area contributed by atoms with Crippen LogP contribution in [-0.4, -0.2) is 11.7 Å². The van der Waals surface area contributed by atoms with Gasteiger partial charge in [0.2, 0.25) is 0 Å². The summed E-state index contributed by atoms with van der Waals surface area (Å²) in [6.45, 7) is 0.199. The van der Waals surface area contributed by atoms with Crippen LogP contribution in [-0.2, 0) is 0 Å². The maximum absolute atomic E-state index is 9.98. The van der Waals surface area contributed by atoms with Crippen molar-refractivity contribution in [2.45, 2.75) is 6.10 Å². The first-order valence-corrected chi connectivity index (χ1v) is 6.65. The van der Waals surface area contributed by atoms with Gasteiger partial charge >= 0.3 is 0 Å². The third-order valence-corrected chi connectivity index (χ3v) is 3.40. The van der Waals surface area contributed by atoms with Crippen LogP contribution in [0.3, 0.4) is 0 Å². The summed E-state index contributed by atoms with van der Waals surface area (Å²) in [5.41, 5.74) is 0.784. The summed E-state index contributed by atoms with van der Waals surface area (Å²) in [5.74, 6) is 0.713. The minimum atomic E-state index is -0.672. The normalized spacial score (nSPS) is 12.2. The first-order valence-electron chi connectivity index (χ1n) is 5.47. The number of rotatable bonds is 4. The summed E-state index contributed by atoms with van der Waals surface area (Å²) in [6.07, 6.45) is -0.672. The van der Waals surface area contributed by atoms with Gasteiger partial charge in [0.15, 0.2) is 0 Å². The molecule has 0 heterocycles. The SMILES string of the molecule is OC(COc1ccccc1Br)c1ccc(Cl)cc1. The van der Waals surface area contributed by atoms with Crippen molar-refractivity contribution in [3.8, 4) is 5.75 Å². The molecule has 0 radical (unpaired) electrons. The van der Waals surface area contributed by atoms with Crippen molar-refractivity contribution >= 4 is 27.5 Å². The molecule has 0 aliphatic rings.